The van der Waals surface area contributed by atoms with E-state index < -0.39 is 6.23 Å². The number of nitrogens with one attached hydrogen (secondary N) is 2. The topological polar surface area (TPSA) is 99.5 Å². The fraction of sp³-hybridized carbons (Fsp3) is 0.400. The van der Waals surface area contributed by atoms with E-state index in [2.05, 4.69) is 22.1 Å². The molecule has 2 aliphatic heterocycles. The minimum Gasteiger partial charge on any atom is -0.374 e. The van der Waals surface area contributed by atoms with Crippen molar-refractivity contribution in [2.75, 3.05) is 23.3 Å². The number of benzene rings is 2. The second-order valence-electron chi connectivity index (χ2n) is 8.90. The fourth-order valence-corrected chi connectivity index (χ4v) is 4.88. The third kappa shape index (κ3) is 4.06. The lowest BCUT2D eigenvalue weighted by atomic mass is 10.1. The molecule has 0 aliphatic carbocycles. The van der Waals surface area contributed by atoms with Crippen LogP contribution in [0.5, 0.6) is 0 Å². The number of imidazole rings is 1. The number of fused-ring (bicyclic) bond motifs is 5. The van der Waals surface area contributed by atoms with Crippen LogP contribution in [0.15, 0.2) is 42.5 Å². The number of aromatic nitrogens is 2. The third-order valence-corrected chi connectivity index (χ3v) is 6.61. The van der Waals surface area contributed by atoms with Crippen LogP contribution < -0.4 is 15.5 Å². The van der Waals surface area contributed by atoms with Gasteiger partial charge < -0.3 is 19.9 Å². The largest absolute Gasteiger partial charge is 0.374 e. The summed E-state index contributed by atoms with van der Waals surface area (Å²) in [6.07, 6.45) is 3.81. The Labute approximate surface area is 192 Å². The molecule has 3 heterocycles. The van der Waals surface area contributed by atoms with Gasteiger partial charge in [0.1, 0.15) is 6.23 Å². The zero-order chi connectivity index (χ0) is 22.9. The number of rotatable bonds is 1. The molecule has 2 atom stereocenters. The minimum atomic E-state index is -0.517. The Morgan fingerprint density at radius 3 is 2.58 bits per heavy atom. The highest BCUT2D eigenvalue weighted by Crippen LogP contribution is 2.36. The fourth-order valence-electron chi connectivity index (χ4n) is 4.88. The number of carbonyl (C=O) groups is 2. The first-order chi connectivity index (χ1) is 16.0. The van der Waals surface area contributed by atoms with Crippen LogP contribution in [0.2, 0.25) is 0 Å². The average Bonchev–Trinajstić information content (AvgIpc) is 3.41. The summed E-state index contributed by atoms with van der Waals surface area (Å²) in [6, 6.07) is 12.7. The van der Waals surface area contributed by atoms with Gasteiger partial charge in [-0.25, -0.2) is 4.98 Å². The molecule has 8 nitrogen and oxygen atoms in total. The maximum atomic E-state index is 13.1. The number of aliphatic hydroxyl groups is 1. The molecule has 1 fully saturated rings. The van der Waals surface area contributed by atoms with Gasteiger partial charge >= 0.3 is 0 Å². The maximum Gasteiger partial charge on any atom is 0.257 e. The Morgan fingerprint density at radius 1 is 1.00 bits per heavy atom. The van der Waals surface area contributed by atoms with Gasteiger partial charge in [0.25, 0.3) is 11.8 Å². The van der Waals surface area contributed by atoms with Crippen LogP contribution in [0, 0.1) is 0 Å². The van der Waals surface area contributed by atoms with Crippen molar-refractivity contribution < 1.29 is 14.7 Å². The van der Waals surface area contributed by atoms with E-state index in [9.17, 15) is 14.7 Å². The highest BCUT2D eigenvalue weighted by atomic mass is 16.3. The molecule has 172 valence electrons. The predicted octanol–water partition coefficient (Wildman–Crippen LogP) is 3.68. The van der Waals surface area contributed by atoms with E-state index in [0.29, 0.717) is 23.6 Å². The number of amides is 2. The number of para-hydroxylation sites is 1. The van der Waals surface area contributed by atoms with Gasteiger partial charge in [0.05, 0.1) is 16.7 Å². The van der Waals surface area contributed by atoms with Gasteiger partial charge in [-0.1, -0.05) is 12.1 Å². The highest BCUT2D eigenvalue weighted by molar-refractivity contribution is 6.06. The van der Waals surface area contributed by atoms with E-state index in [1.165, 1.54) is 0 Å². The molecule has 3 aromatic rings. The van der Waals surface area contributed by atoms with Crippen molar-refractivity contribution in [3.8, 4) is 0 Å². The smallest absolute Gasteiger partial charge is 0.257 e. The lowest BCUT2D eigenvalue weighted by Crippen LogP contribution is -2.29. The Kier molecular flexibility index (Phi) is 5.76. The van der Waals surface area contributed by atoms with Crippen LogP contribution in [0.1, 0.15) is 65.8 Å². The standard InChI is InChI=1S/C25H29N5O3/c1-16-7-2-3-13-26-23(32)17-8-4-9-18(15-17)24(33)28-25-27-19-10-5-11-20(22(19)30(16)25)29-14-6-12-21(29)31/h4-5,8-11,15-16,21,31H,2-3,6-7,12-14H2,1H3,(H,26,32)(H,27,28,33)/t16-,21?/m0/s1. The molecule has 2 bridgehead atoms. The van der Waals surface area contributed by atoms with E-state index >= 15 is 0 Å². The zero-order valence-electron chi connectivity index (χ0n) is 18.8. The minimum absolute atomic E-state index is 0.0659. The van der Waals surface area contributed by atoms with Crippen LogP contribution in [-0.4, -0.2) is 45.8 Å². The predicted molar refractivity (Wildman–Crippen MR) is 128 cm³/mol. The third-order valence-electron chi connectivity index (χ3n) is 6.61. The molecule has 2 amide bonds. The number of anilines is 2. The van der Waals surface area contributed by atoms with Crippen LogP contribution in [0.3, 0.4) is 0 Å². The summed E-state index contributed by atoms with van der Waals surface area (Å²) in [5.74, 6) is -0.000386. The van der Waals surface area contributed by atoms with Crippen molar-refractivity contribution in [3.05, 3.63) is 53.6 Å². The van der Waals surface area contributed by atoms with Gasteiger partial charge in [-0.05, 0) is 69.4 Å². The molecule has 1 aromatic heterocycles. The Bertz CT molecular complexity index is 1200. The van der Waals surface area contributed by atoms with Crippen LogP contribution in [-0.2, 0) is 0 Å². The van der Waals surface area contributed by atoms with Crippen molar-refractivity contribution in [1.29, 1.82) is 0 Å². The first-order valence-corrected chi connectivity index (χ1v) is 11.7. The van der Waals surface area contributed by atoms with E-state index in [1.807, 2.05) is 23.1 Å². The number of hydrogen-bond donors (Lipinski definition) is 3. The molecule has 8 heteroatoms. The lowest BCUT2D eigenvalue weighted by Gasteiger charge is -2.26. The summed E-state index contributed by atoms with van der Waals surface area (Å²) in [5, 5.41) is 16.5. The summed E-state index contributed by atoms with van der Waals surface area (Å²) < 4.78 is 2.10. The zero-order valence-corrected chi connectivity index (χ0v) is 18.8. The average molecular weight is 448 g/mol. The van der Waals surface area contributed by atoms with E-state index in [0.717, 1.165) is 55.4 Å². The molecule has 0 radical (unpaired) electrons. The Hall–Kier alpha value is -3.39. The monoisotopic (exact) mass is 447 g/mol. The van der Waals surface area contributed by atoms with Crippen LogP contribution in [0.25, 0.3) is 11.0 Å². The van der Waals surface area contributed by atoms with E-state index in [-0.39, 0.29) is 17.9 Å². The Morgan fingerprint density at radius 2 is 1.79 bits per heavy atom. The van der Waals surface area contributed by atoms with Crippen LogP contribution >= 0.6 is 0 Å². The summed E-state index contributed by atoms with van der Waals surface area (Å²) in [7, 11) is 0. The van der Waals surface area contributed by atoms with Crippen molar-refractivity contribution in [2.45, 2.75) is 51.3 Å². The Balaban J connectivity index is 1.62. The van der Waals surface area contributed by atoms with E-state index in [1.54, 1.807) is 24.3 Å². The first kappa shape index (κ1) is 21.5. The molecule has 3 N–H and O–H groups in total. The summed E-state index contributed by atoms with van der Waals surface area (Å²) in [5.41, 5.74) is 3.51. The summed E-state index contributed by atoms with van der Waals surface area (Å²) >= 11 is 0. The molecule has 0 saturated carbocycles. The van der Waals surface area contributed by atoms with Gasteiger partial charge in [0.15, 0.2) is 0 Å². The number of nitrogens with zero attached hydrogens (tertiary/aromatic N) is 3. The number of aliphatic hydroxyl groups excluding tert-OH is 1. The molecule has 1 saturated heterocycles. The second-order valence-corrected chi connectivity index (χ2v) is 8.90. The van der Waals surface area contributed by atoms with Gasteiger partial charge in [-0.15, -0.1) is 0 Å². The summed E-state index contributed by atoms with van der Waals surface area (Å²) in [4.78, 5) is 32.4. The van der Waals surface area contributed by atoms with Gasteiger partial charge in [0.2, 0.25) is 5.95 Å². The quantitative estimate of drug-likeness (QED) is 0.528. The molecule has 2 aliphatic rings. The molecular formula is C25H29N5O3. The van der Waals surface area contributed by atoms with Crippen molar-refractivity contribution in [3.63, 3.8) is 0 Å². The van der Waals surface area contributed by atoms with Crippen molar-refractivity contribution in [1.82, 2.24) is 14.9 Å². The molecule has 2 aromatic carbocycles. The maximum absolute atomic E-state index is 13.1. The van der Waals surface area contributed by atoms with Gasteiger partial charge in [0, 0.05) is 30.3 Å². The normalized spacial score (nSPS) is 21.9. The van der Waals surface area contributed by atoms with E-state index in [4.69, 9.17) is 4.98 Å². The number of carbonyl (C=O) groups excluding carboxylic acids is 2. The van der Waals surface area contributed by atoms with Crippen LogP contribution in [0.4, 0.5) is 11.6 Å². The molecule has 1 unspecified atom stereocenters. The van der Waals surface area contributed by atoms with Gasteiger partial charge in [-0.2, -0.15) is 0 Å². The highest BCUT2D eigenvalue weighted by Gasteiger charge is 2.28. The molecule has 5 rings (SSSR count). The first-order valence-electron chi connectivity index (χ1n) is 11.7. The molecule has 0 spiro atoms. The number of hydrogen-bond acceptors (Lipinski definition) is 5. The second kappa shape index (κ2) is 8.86. The summed E-state index contributed by atoms with van der Waals surface area (Å²) in [6.45, 7) is 3.50. The van der Waals surface area contributed by atoms with Crippen molar-refractivity contribution >= 4 is 34.5 Å². The molecule has 33 heavy (non-hydrogen) atoms. The SMILES string of the molecule is C[C@H]1CCCCNC(=O)c2cccc(c2)C(=O)Nc2nc3cccc(N4CCCC4O)c3n21. The lowest BCUT2D eigenvalue weighted by molar-refractivity contribution is 0.0953. The molecular weight excluding hydrogens is 418 g/mol. The van der Waals surface area contributed by atoms with Crippen molar-refractivity contribution in [2.24, 2.45) is 0 Å². The van der Waals surface area contributed by atoms with Gasteiger partial charge in [-0.3, -0.25) is 14.9 Å².